The van der Waals surface area contributed by atoms with Crippen LogP contribution in [0, 0.1) is 11.8 Å². The minimum Gasteiger partial charge on any atom is -0.444 e. The van der Waals surface area contributed by atoms with Crippen molar-refractivity contribution in [2.75, 3.05) is 44.2 Å². The van der Waals surface area contributed by atoms with Gasteiger partial charge in [-0.1, -0.05) is 12.1 Å². The van der Waals surface area contributed by atoms with E-state index in [4.69, 9.17) is 4.74 Å². The highest BCUT2D eigenvalue weighted by molar-refractivity contribution is 7.19. The number of hydrogen-bond acceptors (Lipinski definition) is 5. The summed E-state index contributed by atoms with van der Waals surface area (Å²) in [4.78, 5) is 32.8. The first kappa shape index (κ1) is 20.2. The SMILES string of the molecule is O=C(c1cccc(-c2ccc(N3C[C@@H](C4CN5CCC4CC5)OC3=O)s2)c1)N1CCCC1. The molecule has 32 heavy (non-hydrogen) atoms. The minimum atomic E-state index is -0.224. The molecule has 1 unspecified atom stereocenters. The molecule has 1 aromatic heterocycles. The number of fused-ring (bicyclic) bond motifs is 3. The van der Waals surface area contributed by atoms with Crippen molar-refractivity contribution in [1.29, 1.82) is 0 Å². The van der Waals surface area contributed by atoms with Crippen molar-refractivity contribution in [3.63, 3.8) is 0 Å². The molecular weight excluding hydrogens is 422 g/mol. The Labute approximate surface area is 192 Å². The average Bonchev–Trinajstić information content (AvgIpc) is 3.60. The first-order valence-electron chi connectivity index (χ1n) is 11.9. The Morgan fingerprint density at radius 2 is 1.81 bits per heavy atom. The Hall–Kier alpha value is -2.38. The van der Waals surface area contributed by atoms with E-state index < -0.39 is 0 Å². The molecule has 0 aliphatic carbocycles. The van der Waals surface area contributed by atoms with E-state index in [0.29, 0.717) is 18.4 Å². The van der Waals surface area contributed by atoms with E-state index in [9.17, 15) is 9.59 Å². The molecule has 5 aliphatic heterocycles. The molecular formula is C25H29N3O3S. The lowest BCUT2D eigenvalue weighted by Crippen LogP contribution is -2.52. The standard InChI is InChI=1S/C25H29N3O3S/c29-24(27-10-1-2-11-27)19-5-3-4-18(14-19)22-6-7-23(32-22)28-16-21(31-25(28)30)20-15-26-12-8-17(20)9-13-26/h3-7,14,17,20-21H,1-2,8-13,15-16H2/t20?,21-/m0/s1. The van der Waals surface area contributed by atoms with Crippen LogP contribution in [0.15, 0.2) is 36.4 Å². The quantitative estimate of drug-likeness (QED) is 0.695. The molecule has 5 aliphatic rings. The number of ether oxygens (including phenoxy) is 1. The third kappa shape index (κ3) is 3.61. The van der Waals surface area contributed by atoms with Crippen molar-refractivity contribution >= 4 is 28.3 Å². The molecule has 6 nitrogen and oxygen atoms in total. The maximum atomic E-state index is 12.8. The number of benzene rings is 1. The van der Waals surface area contributed by atoms with E-state index in [1.54, 1.807) is 16.2 Å². The van der Waals surface area contributed by atoms with Gasteiger partial charge >= 0.3 is 6.09 Å². The first-order chi connectivity index (χ1) is 15.7. The number of likely N-dealkylation sites (tertiary alicyclic amines) is 1. The van der Waals surface area contributed by atoms with Crippen molar-refractivity contribution in [3.8, 4) is 10.4 Å². The van der Waals surface area contributed by atoms with Gasteiger partial charge in [-0.05, 0) is 74.5 Å². The van der Waals surface area contributed by atoms with Gasteiger partial charge in [0.2, 0.25) is 0 Å². The highest BCUT2D eigenvalue weighted by Crippen LogP contribution is 2.40. The molecule has 0 N–H and O–H groups in total. The van der Waals surface area contributed by atoms with Crippen LogP contribution in [0.2, 0.25) is 0 Å². The summed E-state index contributed by atoms with van der Waals surface area (Å²) in [5.74, 6) is 1.26. The molecule has 0 radical (unpaired) electrons. The van der Waals surface area contributed by atoms with Gasteiger partial charge in [0.25, 0.3) is 5.91 Å². The van der Waals surface area contributed by atoms with Crippen LogP contribution in [0.5, 0.6) is 0 Å². The summed E-state index contributed by atoms with van der Waals surface area (Å²) in [6, 6.07) is 11.9. The lowest BCUT2D eigenvalue weighted by atomic mass is 9.76. The number of carbonyl (C=O) groups excluding carboxylic acids is 2. The second kappa shape index (κ2) is 8.19. The summed E-state index contributed by atoms with van der Waals surface area (Å²) in [6.07, 6.45) is 4.40. The van der Waals surface area contributed by atoms with Gasteiger partial charge in [0.1, 0.15) is 11.1 Å². The lowest BCUT2D eigenvalue weighted by Gasteiger charge is -2.46. The second-order valence-electron chi connectivity index (χ2n) is 9.55. The second-order valence-corrected chi connectivity index (χ2v) is 10.6. The lowest BCUT2D eigenvalue weighted by molar-refractivity contribution is -0.0138. The summed E-state index contributed by atoms with van der Waals surface area (Å²) in [6.45, 7) is 5.79. The van der Waals surface area contributed by atoms with Crippen LogP contribution in [-0.4, -0.2) is 67.2 Å². The Morgan fingerprint density at radius 3 is 2.56 bits per heavy atom. The number of rotatable bonds is 4. The number of piperidine rings is 3. The molecule has 7 rings (SSSR count). The van der Waals surface area contributed by atoms with Crippen LogP contribution in [0.1, 0.15) is 36.0 Å². The monoisotopic (exact) mass is 451 g/mol. The summed E-state index contributed by atoms with van der Waals surface area (Å²) >= 11 is 1.59. The fourth-order valence-corrected chi connectivity index (χ4v) is 6.86. The molecule has 2 atom stereocenters. The average molecular weight is 452 g/mol. The van der Waals surface area contributed by atoms with Crippen LogP contribution in [0.3, 0.4) is 0 Å². The van der Waals surface area contributed by atoms with Gasteiger partial charge < -0.3 is 14.5 Å². The molecule has 168 valence electrons. The molecule has 7 heteroatoms. The predicted molar refractivity (Wildman–Crippen MR) is 125 cm³/mol. The molecule has 2 aromatic rings. The van der Waals surface area contributed by atoms with E-state index in [1.165, 1.54) is 25.9 Å². The summed E-state index contributed by atoms with van der Waals surface area (Å²) in [5, 5.41) is 0.921. The molecule has 1 aromatic carbocycles. The van der Waals surface area contributed by atoms with Crippen molar-refractivity contribution < 1.29 is 14.3 Å². The third-order valence-electron chi connectivity index (χ3n) is 7.66. The number of amides is 2. The molecule has 0 spiro atoms. The number of carbonyl (C=O) groups is 2. The van der Waals surface area contributed by atoms with Crippen LogP contribution >= 0.6 is 11.3 Å². The van der Waals surface area contributed by atoms with Gasteiger partial charge in [0.15, 0.2) is 0 Å². The van der Waals surface area contributed by atoms with Crippen LogP contribution in [0.25, 0.3) is 10.4 Å². The Kier molecular flexibility index (Phi) is 5.18. The Bertz CT molecular complexity index is 1020. The van der Waals surface area contributed by atoms with Gasteiger partial charge in [-0.3, -0.25) is 9.69 Å². The summed E-state index contributed by atoms with van der Waals surface area (Å²) in [5.41, 5.74) is 1.76. The van der Waals surface area contributed by atoms with Crippen molar-refractivity contribution in [1.82, 2.24) is 9.80 Å². The van der Waals surface area contributed by atoms with Gasteiger partial charge in [0, 0.05) is 36.0 Å². The van der Waals surface area contributed by atoms with Crippen LogP contribution in [-0.2, 0) is 4.74 Å². The maximum absolute atomic E-state index is 12.8. The van der Waals surface area contributed by atoms with Crippen LogP contribution < -0.4 is 4.90 Å². The van der Waals surface area contributed by atoms with Gasteiger partial charge in [-0.15, -0.1) is 11.3 Å². The Balaban J connectivity index is 1.18. The number of thiophene rings is 1. The molecule has 2 amide bonds. The van der Waals surface area contributed by atoms with Crippen molar-refractivity contribution in [3.05, 3.63) is 42.0 Å². The largest absolute Gasteiger partial charge is 0.444 e. The van der Waals surface area contributed by atoms with E-state index >= 15 is 0 Å². The fourth-order valence-electron chi connectivity index (χ4n) is 5.86. The molecule has 5 saturated heterocycles. The van der Waals surface area contributed by atoms with Crippen molar-refractivity contribution in [2.24, 2.45) is 11.8 Å². The zero-order chi connectivity index (χ0) is 21.7. The minimum absolute atomic E-state index is 0.0115. The smallest absolute Gasteiger partial charge is 0.415 e. The zero-order valence-electron chi connectivity index (χ0n) is 18.2. The number of anilines is 1. The maximum Gasteiger partial charge on any atom is 0.415 e. The number of hydrogen-bond donors (Lipinski definition) is 0. The van der Waals surface area contributed by atoms with Gasteiger partial charge in [-0.25, -0.2) is 4.79 Å². The molecule has 6 heterocycles. The highest BCUT2D eigenvalue weighted by Gasteiger charge is 2.45. The van der Waals surface area contributed by atoms with E-state index in [-0.39, 0.29) is 18.1 Å². The predicted octanol–water partition coefficient (Wildman–Crippen LogP) is 4.32. The van der Waals surface area contributed by atoms with E-state index in [2.05, 4.69) is 4.90 Å². The zero-order valence-corrected chi connectivity index (χ0v) is 19.1. The highest BCUT2D eigenvalue weighted by atomic mass is 32.1. The number of nitrogens with zero attached hydrogens (tertiary/aromatic N) is 3. The van der Waals surface area contributed by atoms with E-state index in [1.807, 2.05) is 41.3 Å². The van der Waals surface area contributed by atoms with E-state index in [0.717, 1.165) is 53.5 Å². The first-order valence-corrected chi connectivity index (χ1v) is 12.7. The van der Waals surface area contributed by atoms with Crippen molar-refractivity contribution in [2.45, 2.75) is 31.8 Å². The Morgan fingerprint density at radius 1 is 1.00 bits per heavy atom. The number of cyclic esters (lactones) is 1. The third-order valence-corrected chi connectivity index (χ3v) is 8.82. The topological polar surface area (TPSA) is 53.1 Å². The summed E-state index contributed by atoms with van der Waals surface area (Å²) in [7, 11) is 0. The normalized spacial score (nSPS) is 29.6. The summed E-state index contributed by atoms with van der Waals surface area (Å²) < 4.78 is 5.86. The molecule has 5 fully saturated rings. The fraction of sp³-hybridized carbons (Fsp3) is 0.520. The molecule has 0 saturated carbocycles. The van der Waals surface area contributed by atoms with Gasteiger partial charge in [-0.2, -0.15) is 0 Å². The van der Waals surface area contributed by atoms with Gasteiger partial charge in [0.05, 0.1) is 6.54 Å². The van der Waals surface area contributed by atoms with Crippen LogP contribution in [0.4, 0.5) is 9.80 Å². The molecule has 2 bridgehead atoms.